The predicted octanol–water partition coefficient (Wildman–Crippen LogP) is 3.53. The van der Waals surface area contributed by atoms with Gasteiger partial charge in [-0.05, 0) is 60.0 Å². The number of ether oxygens (including phenoxy) is 1. The zero-order valence-electron chi connectivity index (χ0n) is 25.4. The predicted molar refractivity (Wildman–Crippen MR) is 175 cm³/mol. The van der Waals surface area contributed by atoms with Gasteiger partial charge >= 0.3 is 0 Å². The molecule has 0 radical (unpaired) electrons. The normalized spacial score (nSPS) is 13.2. The van der Waals surface area contributed by atoms with Crippen molar-refractivity contribution in [1.82, 2.24) is 19.0 Å². The van der Waals surface area contributed by atoms with Crippen molar-refractivity contribution in [2.24, 2.45) is 7.05 Å². The fourth-order valence-electron chi connectivity index (χ4n) is 5.51. The molecule has 6 rings (SSSR count). The standard InChI is InChI=1S/C34H34N6O5/c1-37(2)25-11-12-26-23(19-25)13-14-40(33(26)43)30-6-4-5-27(28(30)21-41)29-20-38(3)34(44)31(36-29)35-24-9-7-22(8-10-24)32(42)39-15-17-45-18-16-39/h4-14,19-20,41H,15-18,21H2,1-3H3,(H,35,36). The van der Waals surface area contributed by atoms with Crippen molar-refractivity contribution in [2.45, 2.75) is 6.61 Å². The Morgan fingerprint density at radius 1 is 1.00 bits per heavy atom. The quantitative estimate of drug-likeness (QED) is 0.289. The first-order valence-corrected chi connectivity index (χ1v) is 14.6. The Morgan fingerprint density at radius 3 is 2.47 bits per heavy atom. The Morgan fingerprint density at radius 2 is 1.76 bits per heavy atom. The van der Waals surface area contributed by atoms with Gasteiger partial charge in [-0.15, -0.1) is 0 Å². The summed E-state index contributed by atoms with van der Waals surface area (Å²) in [6, 6.07) is 19.8. The first kappa shape index (κ1) is 29.8. The molecule has 0 saturated carbocycles. The van der Waals surface area contributed by atoms with Crippen LogP contribution in [0.2, 0.25) is 0 Å². The Labute approximate surface area is 259 Å². The lowest BCUT2D eigenvalue weighted by molar-refractivity contribution is 0.0303. The summed E-state index contributed by atoms with van der Waals surface area (Å²) in [5, 5.41) is 15.0. The van der Waals surface area contributed by atoms with E-state index in [1.165, 1.54) is 9.13 Å². The monoisotopic (exact) mass is 606 g/mol. The highest BCUT2D eigenvalue weighted by Crippen LogP contribution is 2.28. The van der Waals surface area contributed by atoms with Crippen LogP contribution in [0.3, 0.4) is 0 Å². The van der Waals surface area contributed by atoms with Gasteiger partial charge in [0, 0.05) is 80.1 Å². The van der Waals surface area contributed by atoms with Gasteiger partial charge < -0.3 is 29.5 Å². The van der Waals surface area contributed by atoms with Gasteiger partial charge in [0.2, 0.25) is 0 Å². The molecule has 0 atom stereocenters. The van der Waals surface area contributed by atoms with Crippen LogP contribution in [0, 0.1) is 0 Å². The third kappa shape index (κ3) is 5.83. The minimum absolute atomic E-state index is 0.0684. The second-order valence-corrected chi connectivity index (χ2v) is 11.1. The van der Waals surface area contributed by atoms with Crippen molar-refractivity contribution < 1.29 is 14.6 Å². The van der Waals surface area contributed by atoms with Gasteiger partial charge in [0.15, 0.2) is 5.82 Å². The number of hydrogen-bond acceptors (Lipinski definition) is 8. The van der Waals surface area contributed by atoms with Crippen molar-refractivity contribution in [3.05, 3.63) is 111 Å². The summed E-state index contributed by atoms with van der Waals surface area (Å²) in [7, 11) is 5.52. The smallest absolute Gasteiger partial charge is 0.293 e. The van der Waals surface area contributed by atoms with Crippen LogP contribution >= 0.6 is 0 Å². The van der Waals surface area contributed by atoms with Gasteiger partial charge in [-0.2, -0.15) is 0 Å². The number of aromatic nitrogens is 3. The van der Waals surface area contributed by atoms with Crippen LogP contribution in [0.15, 0.2) is 88.7 Å². The number of morpholine rings is 1. The molecule has 1 fully saturated rings. The van der Waals surface area contributed by atoms with Crippen molar-refractivity contribution in [2.75, 3.05) is 50.6 Å². The van der Waals surface area contributed by atoms with Crippen LogP contribution in [0.4, 0.5) is 17.2 Å². The molecular formula is C34H34N6O5. The van der Waals surface area contributed by atoms with E-state index in [9.17, 15) is 19.5 Å². The molecule has 11 heteroatoms. The number of aliphatic hydroxyl groups excluding tert-OH is 1. The van der Waals surface area contributed by atoms with Crippen molar-refractivity contribution >= 4 is 33.9 Å². The third-order valence-corrected chi connectivity index (χ3v) is 8.01. The number of amides is 1. The Hall–Kier alpha value is -5.26. The number of nitrogens with one attached hydrogen (secondary N) is 1. The minimum atomic E-state index is -0.360. The zero-order valence-corrected chi connectivity index (χ0v) is 25.4. The van der Waals surface area contributed by atoms with E-state index < -0.39 is 0 Å². The molecule has 1 saturated heterocycles. The van der Waals surface area contributed by atoms with Gasteiger partial charge in [0.1, 0.15) is 0 Å². The topological polar surface area (TPSA) is 122 Å². The fraction of sp³-hybridized carbons (Fsp3) is 0.235. The number of aryl methyl sites for hydroxylation is 1. The maximum absolute atomic E-state index is 13.6. The number of pyridine rings is 1. The molecule has 2 N–H and O–H groups in total. The molecule has 0 aliphatic carbocycles. The first-order valence-electron chi connectivity index (χ1n) is 14.6. The van der Waals surface area contributed by atoms with Gasteiger partial charge in [-0.1, -0.05) is 12.1 Å². The highest BCUT2D eigenvalue weighted by molar-refractivity contribution is 5.94. The maximum Gasteiger partial charge on any atom is 0.293 e. The summed E-state index contributed by atoms with van der Waals surface area (Å²) in [5.41, 5.74) is 3.59. The summed E-state index contributed by atoms with van der Waals surface area (Å²) in [6.45, 7) is 1.79. The summed E-state index contributed by atoms with van der Waals surface area (Å²) in [4.78, 5) is 47.9. The number of fused-ring (bicyclic) bond motifs is 1. The van der Waals surface area contributed by atoms with Crippen molar-refractivity contribution in [1.29, 1.82) is 0 Å². The molecule has 45 heavy (non-hydrogen) atoms. The molecule has 1 aliphatic rings. The molecule has 2 aromatic heterocycles. The molecule has 230 valence electrons. The first-order chi connectivity index (χ1) is 21.7. The van der Waals surface area contributed by atoms with Gasteiger partial charge in [0.05, 0.1) is 31.2 Å². The van der Waals surface area contributed by atoms with E-state index >= 15 is 0 Å². The number of carbonyl (C=O) groups excluding carboxylic acids is 1. The van der Waals surface area contributed by atoms with E-state index in [2.05, 4.69) is 10.3 Å². The lowest BCUT2D eigenvalue weighted by atomic mass is 10.0. The van der Waals surface area contributed by atoms with Crippen LogP contribution in [0.5, 0.6) is 0 Å². The molecular weight excluding hydrogens is 572 g/mol. The second kappa shape index (κ2) is 12.4. The van der Waals surface area contributed by atoms with E-state index in [0.29, 0.717) is 65.4 Å². The number of benzene rings is 3. The lowest BCUT2D eigenvalue weighted by Gasteiger charge is -2.26. The third-order valence-electron chi connectivity index (χ3n) is 8.01. The van der Waals surface area contributed by atoms with E-state index in [1.807, 2.05) is 43.3 Å². The van der Waals surface area contributed by atoms with Crippen molar-refractivity contribution in [3.8, 4) is 16.9 Å². The van der Waals surface area contributed by atoms with Crippen LogP contribution in [-0.4, -0.2) is 70.4 Å². The van der Waals surface area contributed by atoms with Crippen LogP contribution in [0.25, 0.3) is 27.7 Å². The highest BCUT2D eigenvalue weighted by Gasteiger charge is 2.19. The van der Waals surface area contributed by atoms with Gasteiger partial charge in [0.25, 0.3) is 17.0 Å². The van der Waals surface area contributed by atoms with E-state index in [1.54, 1.807) is 66.8 Å². The molecule has 5 aromatic rings. The Kier molecular flexibility index (Phi) is 8.20. The Bertz CT molecular complexity index is 2010. The summed E-state index contributed by atoms with van der Waals surface area (Å²) in [6.07, 6.45) is 3.30. The summed E-state index contributed by atoms with van der Waals surface area (Å²) < 4.78 is 8.27. The highest BCUT2D eigenvalue weighted by atomic mass is 16.5. The SMILES string of the molecule is CN(C)c1ccc2c(=O)n(-c3cccc(-c4cn(C)c(=O)c(Nc5ccc(C(=O)N6CCOCC6)cc5)n4)c3CO)ccc2c1. The molecule has 3 heterocycles. The minimum Gasteiger partial charge on any atom is -0.392 e. The summed E-state index contributed by atoms with van der Waals surface area (Å²) in [5.74, 6) is 0.0113. The van der Waals surface area contributed by atoms with E-state index in [0.717, 1.165) is 11.1 Å². The molecule has 0 unspecified atom stereocenters. The summed E-state index contributed by atoms with van der Waals surface area (Å²) >= 11 is 0. The van der Waals surface area contributed by atoms with Crippen molar-refractivity contribution in [3.63, 3.8) is 0 Å². The maximum atomic E-state index is 13.6. The average molecular weight is 607 g/mol. The number of carbonyl (C=O) groups is 1. The number of nitrogens with zero attached hydrogens (tertiary/aromatic N) is 5. The zero-order chi connectivity index (χ0) is 31.7. The van der Waals surface area contributed by atoms with Crippen LogP contribution in [-0.2, 0) is 18.4 Å². The molecule has 3 aromatic carbocycles. The van der Waals surface area contributed by atoms with Crippen LogP contribution in [0.1, 0.15) is 15.9 Å². The molecule has 1 aliphatic heterocycles. The number of rotatable bonds is 7. The van der Waals surface area contributed by atoms with Crippen LogP contribution < -0.4 is 21.3 Å². The average Bonchev–Trinajstić information content (AvgIpc) is 3.06. The van der Waals surface area contributed by atoms with Gasteiger partial charge in [-0.3, -0.25) is 19.0 Å². The molecule has 0 bridgehead atoms. The number of hydrogen-bond donors (Lipinski definition) is 2. The largest absolute Gasteiger partial charge is 0.392 e. The van der Waals surface area contributed by atoms with E-state index in [4.69, 9.17) is 4.74 Å². The Balaban J connectivity index is 1.34. The lowest BCUT2D eigenvalue weighted by Crippen LogP contribution is -2.40. The number of anilines is 3. The van der Waals surface area contributed by atoms with Gasteiger partial charge in [-0.25, -0.2) is 4.98 Å². The molecule has 1 amide bonds. The van der Waals surface area contributed by atoms with E-state index in [-0.39, 0.29) is 29.5 Å². The fourth-order valence-corrected chi connectivity index (χ4v) is 5.51. The second-order valence-electron chi connectivity index (χ2n) is 11.1. The molecule has 0 spiro atoms. The molecule has 11 nitrogen and oxygen atoms in total. The number of aliphatic hydroxyl groups is 1.